The van der Waals surface area contributed by atoms with Crippen LogP contribution in [-0.2, 0) is 14.4 Å². The summed E-state index contributed by atoms with van der Waals surface area (Å²) >= 11 is 0. The number of rotatable bonds is 3. The number of Topliss-reactive ketones (excluding diaryl/α,β-unsaturated/α-hetero) is 1. The minimum Gasteiger partial charge on any atom is -0.372 e. The van der Waals surface area contributed by atoms with Crippen LogP contribution in [-0.4, -0.2) is 36.7 Å². The maximum Gasteiger partial charge on any atom is 0.244 e. The van der Waals surface area contributed by atoms with E-state index in [4.69, 9.17) is 0 Å². The largest absolute Gasteiger partial charge is 0.372 e. The lowest BCUT2D eigenvalue weighted by atomic mass is 9.74. The van der Waals surface area contributed by atoms with Crippen LogP contribution in [0.4, 0.5) is 11.4 Å². The highest BCUT2D eigenvalue weighted by Gasteiger charge is 2.47. The molecule has 6 nitrogen and oxygen atoms in total. The molecule has 2 aliphatic heterocycles. The smallest absolute Gasteiger partial charge is 0.244 e. The van der Waals surface area contributed by atoms with E-state index in [1.165, 1.54) is 19.3 Å². The van der Waals surface area contributed by atoms with Crippen molar-refractivity contribution < 1.29 is 14.4 Å². The second kappa shape index (κ2) is 7.71. The van der Waals surface area contributed by atoms with Crippen molar-refractivity contribution in [2.45, 2.75) is 51.0 Å². The summed E-state index contributed by atoms with van der Waals surface area (Å²) < 4.78 is 0. The molecule has 3 aliphatic rings. The number of hydrogen-bond donors (Lipinski definition) is 2. The van der Waals surface area contributed by atoms with Crippen molar-refractivity contribution in [3.05, 3.63) is 24.3 Å². The molecule has 3 fully saturated rings. The molecule has 2 heterocycles. The molecule has 27 heavy (non-hydrogen) atoms. The Hall–Kier alpha value is -2.37. The quantitative estimate of drug-likeness (QED) is 0.803. The second-order valence-corrected chi connectivity index (χ2v) is 7.93. The van der Waals surface area contributed by atoms with E-state index in [-0.39, 0.29) is 17.7 Å². The third kappa shape index (κ3) is 3.70. The van der Waals surface area contributed by atoms with Crippen molar-refractivity contribution in [1.82, 2.24) is 5.32 Å². The number of nitrogens with one attached hydrogen (secondary N) is 2. The number of carbonyl (C=O) groups is 3. The van der Waals surface area contributed by atoms with Gasteiger partial charge in [0.25, 0.3) is 0 Å². The third-order valence-corrected chi connectivity index (χ3v) is 6.12. The van der Waals surface area contributed by atoms with Gasteiger partial charge in [0.05, 0.1) is 0 Å². The number of nitrogens with zero attached hydrogens (tertiary/aromatic N) is 1. The van der Waals surface area contributed by atoms with Gasteiger partial charge in [-0.25, -0.2) is 0 Å². The molecule has 3 unspecified atom stereocenters. The molecule has 0 radical (unpaired) electrons. The molecule has 6 heteroatoms. The number of piperidine rings is 2. The average Bonchev–Trinajstić information content (AvgIpc) is 2.69. The van der Waals surface area contributed by atoms with Crippen molar-refractivity contribution in [3.8, 4) is 0 Å². The second-order valence-electron chi connectivity index (χ2n) is 7.93. The highest BCUT2D eigenvalue weighted by Crippen LogP contribution is 2.31. The van der Waals surface area contributed by atoms with Gasteiger partial charge in [-0.1, -0.05) is 12.8 Å². The first-order chi connectivity index (χ1) is 13.1. The van der Waals surface area contributed by atoms with Gasteiger partial charge in [0.15, 0.2) is 11.7 Å². The number of anilines is 2. The minimum atomic E-state index is -1.23. The Morgan fingerprint density at radius 1 is 0.963 bits per heavy atom. The number of amides is 2. The van der Waals surface area contributed by atoms with Crippen LogP contribution in [0.2, 0.25) is 0 Å². The Bertz CT molecular complexity index is 725. The molecule has 2 saturated heterocycles. The molecule has 0 spiro atoms. The molecule has 0 aromatic heterocycles. The van der Waals surface area contributed by atoms with Crippen LogP contribution < -0.4 is 15.5 Å². The zero-order chi connectivity index (χ0) is 18.8. The molecule has 3 atom stereocenters. The molecule has 1 saturated carbocycles. The zero-order valence-corrected chi connectivity index (χ0v) is 15.6. The van der Waals surface area contributed by atoms with E-state index < -0.39 is 17.7 Å². The van der Waals surface area contributed by atoms with Crippen molar-refractivity contribution in [2.24, 2.45) is 11.8 Å². The average molecular weight is 369 g/mol. The van der Waals surface area contributed by atoms with E-state index >= 15 is 0 Å². The Morgan fingerprint density at radius 2 is 1.67 bits per heavy atom. The number of hydrogen-bond acceptors (Lipinski definition) is 4. The molecular formula is C21H27N3O3. The summed E-state index contributed by atoms with van der Waals surface area (Å²) in [6.45, 7) is 2.12. The minimum absolute atomic E-state index is 0.0911. The molecule has 1 aliphatic carbocycles. The topological polar surface area (TPSA) is 78.5 Å². The maximum absolute atomic E-state index is 12.7. The molecular weight excluding hydrogens is 342 g/mol. The van der Waals surface area contributed by atoms with Crippen LogP contribution in [0.25, 0.3) is 0 Å². The number of ketones is 1. The maximum atomic E-state index is 12.7. The van der Waals surface area contributed by atoms with Crippen molar-refractivity contribution in [1.29, 1.82) is 0 Å². The van der Waals surface area contributed by atoms with E-state index in [9.17, 15) is 14.4 Å². The van der Waals surface area contributed by atoms with Crippen LogP contribution in [0.1, 0.15) is 44.9 Å². The van der Waals surface area contributed by atoms with E-state index in [2.05, 4.69) is 15.5 Å². The van der Waals surface area contributed by atoms with Gasteiger partial charge in [-0.3, -0.25) is 14.4 Å². The van der Waals surface area contributed by atoms with Crippen LogP contribution in [0.15, 0.2) is 24.3 Å². The fraction of sp³-hybridized carbons (Fsp3) is 0.571. The summed E-state index contributed by atoms with van der Waals surface area (Å²) in [5.41, 5.74) is 1.76. The first-order valence-electron chi connectivity index (χ1n) is 10.1. The van der Waals surface area contributed by atoms with Gasteiger partial charge in [-0.2, -0.15) is 0 Å². The Labute approximate surface area is 159 Å². The standard InChI is InChI=1S/C21H27N3O3/c25-19-16-6-2-3-7-17(16)23-21(27)18(19)20(26)22-14-8-10-15(11-9-14)24-12-4-1-5-13-24/h8-11,16-18H,1-7,12-13H2,(H,22,26)(H,23,27). The van der Waals surface area contributed by atoms with E-state index in [1.807, 2.05) is 24.3 Å². The zero-order valence-electron chi connectivity index (χ0n) is 15.6. The van der Waals surface area contributed by atoms with Crippen LogP contribution in [0.3, 0.4) is 0 Å². The molecule has 2 N–H and O–H groups in total. The van der Waals surface area contributed by atoms with Gasteiger partial charge in [-0.15, -0.1) is 0 Å². The van der Waals surface area contributed by atoms with Gasteiger partial charge >= 0.3 is 0 Å². The van der Waals surface area contributed by atoms with Gasteiger partial charge in [0, 0.05) is 36.4 Å². The van der Waals surface area contributed by atoms with Crippen molar-refractivity contribution in [3.63, 3.8) is 0 Å². The van der Waals surface area contributed by atoms with Gasteiger partial charge in [0.1, 0.15) is 0 Å². The summed E-state index contributed by atoms with van der Waals surface area (Å²) in [6, 6.07) is 7.57. The summed E-state index contributed by atoms with van der Waals surface area (Å²) in [5, 5.41) is 5.65. The summed E-state index contributed by atoms with van der Waals surface area (Å²) in [6.07, 6.45) is 7.29. The van der Waals surface area contributed by atoms with E-state index in [0.29, 0.717) is 5.69 Å². The highest BCUT2D eigenvalue weighted by molar-refractivity contribution is 6.23. The monoisotopic (exact) mass is 369 g/mol. The predicted octanol–water partition coefficient (Wildman–Crippen LogP) is 2.49. The van der Waals surface area contributed by atoms with Gasteiger partial charge in [0.2, 0.25) is 11.8 Å². The first kappa shape index (κ1) is 18.0. The van der Waals surface area contributed by atoms with Gasteiger partial charge < -0.3 is 15.5 Å². The third-order valence-electron chi connectivity index (χ3n) is 6.12. The van der Waals surface area contributed by atoms with Crippen molar-refractivity contribution in [2.75, 3.05) is 23.3 Å². The van der Waals surface area contributed by atoms with Crippen LogP contribution >= 0.6 is 0 Å². The lowest BCUT2D eigenvalue weighted by Gasteiger charge is -2.37. The van der Waals surface area contributed by atoms with Gasteiger partial charge in [-0.05, 0) is 56.4 Å². The lowest BCUT2D eigenvalue weighted by Crippen LogP contribution is -2.58. The van der Waals surface area contributed by atoms with E-state index in [1.54, 1.807) is 0 Å². The number of benzene rings is 1. The number of fused-ring (bicyclic) bond motifs is 1. The van der Waals surface area contributed by atoms with Crippen LogP contribution in [0, 0.1) is 11.8 Å². The van der Waals surface area contributed by atoms with E-state index in [0.717, 1.165) is 44.5 Å². The number of carbonyl (C=O) groups excluding carboxylic acids is 3. The highest BCUT2D eigenvalue weighted by atomic mass is 16.2. The predicted molar refractivity (Wildman–Crippen MR) is 104 cm³/mol. The Morgan fingerprint density at radius 3 is 2.41 bits per heavy atom. The molecule has 2 amide bonds. The molecule has 4 rings (SSSR count). The summed E-state index contributed by atoms with van der Waals surface area (Å²) in [4.78, 5) is 40.1. The fourth-order valence-corrected chi connectivity index (χ4v) is 4.62. The van der Waals surface area contributed by atoms with Crippen molar-refractivity contribution >= 4 is 29.0 Å². The lowest BCUT2D eigenvalue weighted by molar-refractivity contribution is -0.147. The fourth-order valence-electron chi connectivity index (χ4n) is 4.62. The SMILES string of the molecule is O=C(Nc1ccc(N2CCCCC2)cc1)C1C(=O)NC2CCCCC2C1=O. The van der Waals surface area contributed by atoms with Crippen LogP contribution in [0.5, 0.6) is 0 Å². The molecule has 1 aromatic carbocycles. The molecule has 1 aromatic rings. The normalized spacial score (nSPS) is 28.3. The first-order valence-corrected chi connectivity index (χ1v) is 10.1. The summed E-state index contributed by atoms with van der Waals surface area (Å²) in [5.74, 6) is -2.64. The Kier molecular flexibility index (Phi) is 5.14. The Balaban J connectivity index is 1.42. The summed E-state index contributed by atoms with van der Waals surface area (Å²) in [7, 11) is 0. The molecule has 144 valence electrons. The molecule has 0 bridgehead atoms.